The Labute approximate surface area is 86.2 Å². The van der Waals surface area contributed by atoms with Gasteiger partial charge in [-0.1, -0.05) is 6.92 Å². The molecule has 0 spiro atoms. The molecule has 0 bridgehead atoms. The van der Waals surface area contributed by atoms with Crippen molar-refractivity contribution in [3.8, 4) is 11.8 Å². The maximum absolute atomic E-state index is 10.6. The zero-order valence-electron chi connectivity index (χ0n) is 9.06. The van der Waals surface area contributed by atoms with Crippen LogP contribution in [0.3, 0.4) is 0 Å². The van der Waals surface area contributed by atoms with Crippen LogP contribution in [0.5, 0.6) is 0 Å². The van der Waals surface area contributed by atoms with Crippen LogP contribution in [0.4, 0.5) is 4.79 Å². The van der Waals surface area contributed by atoms with Crippen molar-refractivity contribution in [3.63, 3.8) is 0 Å². The molecule has 0 aliphatic carbocycles. The van der Waals surface area contributed by atoms with Gasteiger partial charge >= 0.3 is 6.09 Å². The zero-order chi connectivity index (χ0) is 10.6. The summed E-state index contributed by atoms with van der Waals surface area (Å²) >= 11 is 0. The Morgan fingerprint density at radius 3 is 2.64 bits per heavy atom. The molecule has 0 atom stereocenters. The van der Waals surface area contributed by atoms with Gasteiger partial charge in [-0.25, -0.2) is 4.79 Å². The standard InChI is InChI=1S/C11H19NO2/c1-3-4-5-6-7-8-9-10-12-11(13)14-2/h3-4,7-10H2,1-2H3,(H,12,13). The normalized spacial score (nSPS) is 8.71. The highest BCUT2D eigenvalue weighted by molar-refractivity contribution is 5.66. The smallest absolute Gasteiger partial charge is 0.406 e. The first-order valence-electron chi connectivity index (χ1n) is 5.08. The molecule has 0 saturated carbocycles. The van der Waals surface area contributed by atoms with E-state index in [-0.39, 0.29) is 6.09 Å². The molecule has 1 N–H and O–H groups in total. The monoisotopic (exact) mass is 197 g/mol. The Morgan fingerprint density at radius 1 is 1.29 bits per heavy atom. The van der Waals surface area contributed by atoms with Gasteiger partial charge in [0.25, 0.3) is 0 Å². The van der Waals surface area contributed by atoms with E-state index in [9.17, 15) is 4.79 Å². The van der Waals surface area contributed by atoms with Crippen molar-refractivity contribution in [1.29, 1.82) is 0 Å². The first kappa shape index (κ1) is 12.8. The topological polar surface area (TPSA) is 38.3 Å². The molecule has 0 aromatic carbocycles. The van der Waals surface area contributed by atoms with Gasteiger partial charge in [0.2, 0.25) is 0 Å². The van der Waals surface area contributed by atoms with Crippen molar-refractivity contribution >= 4 is 6.09 Å². The van der Waals surface area contributed by atoms with E-state index in [0.29, 0.717) is 6.54 Å². The molecule has 0 aliphatic heterocycles. The lowest BCUT2D eigenvalue weighted by atomic mass is 10.2. The molecule has 0 rings (SSSR count). The molecule has 80 valence electrons. The molecule has 0 aromatic heterocycles. The first-order valence-corrected chi connectivity index (χ1v) is 5.08. The third-order valence-corrected chi connectivity index (χ3v) is 1.68. The fraction of sp³-hybridized carbons (Fsp3) is 0.727. The molecule has 1 amide bonds. The number of hydrogen-bond donors (Lipinski definition) is 1. The minimum Gasteiger partial charge on any atom is -0.453 e. The van der Waals surface area contributed by atoms with Gasteiger partial charge in [0.05, 0.1) is 7.11 Å². The van der Waals surface area contributed by atoms with Gasteiger partial charge in [-0.3, -0.25) is 0 Å². The Bertz CT molecular complexity index is 203. The Balaban J connectivity index is 3.15. The second kappa shape index (κ2) is 9.91. The third-order valence-electron chi connectivity index (χ3n) is 1.68. The predicted octanol–water partition coefficient (Wildman–Crippen LogP) is 2.32. The van der Waals surface area contributed by atoms with Crippen LogP contribution in [0.15, 0.2) is 0 Å². The van der Waals surface area contributed by atoms with Gasteiger partial charge in [0.15, 0.2) is 0 Å². The van der Waals surface area contributed by atoms with Gasteiger partial charge in [-0.15, -0.1) is 11.8 Å². The quantitative estimate of drug-likeness (QED) is 0.542. The minimum atomic E-state index is -0.359. The third kappa shape index (κ3) is 8.92. The summed E-state index contributed by atoms with van der Waals surface area (Å²) in [5.74, 6) is 6.18. The molecule has 3 heteroatoms. The summed E-state index contributed by atoms with van der Waals surface area (Å²) in [6, 6.07) is 0. The number of hydrogen-bond acceptors (Lipinski definition) is 2. The number of carbonyl (C=O) groups is 1. The van der Waals surface area contributed by atoms with E-state index in [1.165, 1.54) is 7.11 Å². The number of ether oxygens (including phenoxy) is 1. The van der Waals surface area contributed by atoms with E-state index in [2.05, 4.69) is 28.8 Å². The van der Waals surface area contributed by atoms with Crippen molar-refractivity contribution in [2.75, 3.05) is 13.7 Å². The van der Waals surface area contributed by atoms with Crippen LogP contribution < -0.4 is 5.32 Å². The van der Waals surface area contributed by atoms with E-state index in [1.54, 1.807) is 0 Å². The Kier molecular flexibility index (Phi) is 9.09. The molecule has 0 saturated heterocycles. The summed E-state index contributed by atoms with van der Waals surface area (Å²) in [6.45, 7) is 2.79. The molecule has 0 unspecified atom stereocenters. The number of methoxy groups -OCH3 is 1. The van der Waals surface area contributed by atoms with Crippen LogP contribution in [-0.2, 0) is 4.74 Å². The van der Waals surface area contributed by atoms with Crippen LogP contribution in [0.25, 0.3) is 0 Å². The van der Waals surface area contributed by atoms with Crippen molar-refractivity contribution < 1.29 is 9.53 Å². The van der Waals surface area contributed by atoms with Gasteiger partial charge in [-0.2, -0.15) is 0 Å². The second-order valence-corrected chi connectivity index (χ2v) is 2.98. The van der Waals surface area contributed by atoms with Gasteiger partial charge in [0, 0.05) is 19.4 Å². The van der Waals surface area contributed by atoms with Crippen LogP contribution in [-0.4, -0.2) is 19.7 Å². The number of carbonyl (C=O) groups excluding carboxylic acids is 1. The summed E-state index contributed by atoms with van der Waals surface area (Å²) < 4.78 is 4.43. The highest BCUT2D eigenvalue weighted by atomic mass is 16.5. The number of alkyl carbamates (subject to hydrolysis) is 1. The maximum atomic E-state index is 10.6. The van der Waals surface area contributed by atoms with Crippen molar-refractivity contribution in [2.45, 2.75) is 39.0 Å². The van der Waals surface area contributed by atoms with Gasteiger partial charge in [0.1, 0.15) is 0 Å². The second-order valence-electron chi connectivity index (χ2n) is 2.98. The largest absolute Gasteiger partial charge is 0.453 e. The lowest BCUT2D eigenvalue weighted by molar-refractivity contribution is 0.171. The summed E-state index contributed by atoms with van der Waals surface area (Å²) in [5.41, 5.74) is 0. The van der Waals surface area contributed by atoms with Crippen molar-refractivity contribution in [2.24, 2.45) is 0 Å². The predicted molar refractivity (Wildman–Crippen MR) is 56.9 cm³/mol. The molecule has 0 fully saturated rings. The number of nitrogens with one attached hydrogen (secondary N) is 1. The van der Waals surface area contributed by atoms with E-state index in [1.807, 2.05) is 0 Å². The molecular weight excluding hydrogens is 178 g/mol. The Morgan fingerprint density at radius 2 is 2.00 bits per heavy atom. The highest BCUT2D eigenvalue weighted by Gasteiger charge is 1.94. The lowest BCUT2D eigenvalue weighted by Gasteiger charge is -2.01. The van der Waals surface area contributed by atoms with Crippen LogP contribution in [0.2, 0.25) is 0 Å². The van der Waals surface area contributed by atoms with Gasteiger partial charge < -0.3 is 10.1 Å². The first-order chi connectivity index (χ1) is 6.81. The fourth-order valence-electron chi connectivity index (χ4n) is 0.903. The minimum absolute atomic E-state index is 0.359. The molecule has 0 heterocycles. The molecule has 14 heavy (non-hydrogen) atoms. The van der Waals surface area contributed by atoms with E-state index >= 15 is 0 Å². The number of amides is 1. The van der Waals surface area contributed by atoms with E-state index < -0.39 is 0 Å². The van der Waals surface area contributed by atoms with E-state index in [4.69, 9.17) is 0 Å². The SMILES string of the molecule is CCCC#CCCCCNC(=O)OC. The average molecular weight is 197 g/mol. The Hall–Kier alpha value is -1.17. The maximum Gasteiger partial charge on any atom is 0.406 e. The van der Waals surface area contributed by atoms with Gasteiger partial charge in [-0.05, 0) is 19.3 Å². The zero-order valence-corrected chi connectivity index (χ0v) is 9.06. The molecule has 0 aliphatic rings. The summed E-state index contributed by atoms with van der Waals surface area (Å²) in [6.07, 6.45) is 4.65. The van der Waals surface area contributed by atoms with Crippen LogP contribution in [0.1, 0.15) is 39.0 Å². The highest BCUT2D eigenvalue weighted by Crippen LogP contribution is 1.93. The van der Waals surface area contributed by atoms with Crippen LogP contribution >= 0.6 is 0 Å². The molecule has 0 aromatic rings. The molecular formula is C11H19NO2. The fourth-order valence-corrected chi connectivity index (χ4v) is 0.903. The average Bonchev–Trinajstić information content (AvgIpc) is 2.21. The summed E-state index contributed by atoms with van der Waals surface area (Å²) in [7, 11) is 1.37. The number of unbranched alkanes of at least 4 members (excludes halogenated alkanes) is 3. The molecule has 0 radical (unpaired) electrons. The van der Waals surface area contributed by atoms with E-state index in [0.717, 1.165) is 32.1 Å². The lowest BCUT2D eigenvalue weighted by Crippen LogP contribution is -2.23. The summed E-state index contributed by atoms with van der Waals surface area (Å²) in [4.78, 5) is 10.6. The van der Waals surface area contributed by atoms with Crippen molar-refractivity contribution in [1.82, 2.24) is 5.32 Å². The molecule has 3 nitrogen and oxygen atoms in total. The number of rotatable bonds is 5. The summed E-state index contributed by atoms with van der Waals surface area (Å²) in [5, 5.41) is 2.63. The van der Waals surface area contributed by atoms with Crippen LogP contribution in [0, 0.1) is 11.8 Å². The van der Waals surface area contributed by atoms with Crippen molar-refractivity contribution in [3.05, 3.63) is 0 Å².